The van der Waals surface area contributed by atoms with Gasteiger partial charge in [-0.3, -0.25) is 4.79 Å². The van der Waals surface area contributed by atoms with Crippen molar-refractivity contribution in [2.24, 2.45) is 11.8 Å². The van der Waals surface area contributed by atoms with Crippen molar-refractivity contribution in [1.82, 2.24) is 4.98 Å². The minimum Gasteiger partial charge on any atom is -0.436 e. The van der Waals surface area contributed by atoms with E-state index in [1.807, 2.05) is 24.3 Å². The number of fused-ring (bicyclic) bond motifs is 1. The Labute approximate surface area is 159 Å². The minimum absolute atomic E-state index is 0.0121. The van der Waals surface area contributed by atoms with Gasteiger partial charge in [0.15, 0.2) is 5.58 Å². The highest BCUT2D eigenvalue weighted by Gasteiger charge is 2.48. The van der Waals surface area contributed by atoms with E-state index in [1.54, 1.807) is 24.3 Å². The zero-order chi connectivity index (χ0) is 19.7. The van der Waals surface area contributed by atoms with Crippen LogP contribution >= 0.6 is 0 Å². The second-order valence-electron chi connectivity index (χ2n) is 7.09. The van der Waals surface area contributed by atoms with Crippen molar-refractivity contribution in [3.05, 3.63) is 48.5 Å². The molecule has 2 aromatic carbocycles. The molecule has 7 heteroatoms. The van der Waals surface area contributed by atoms with Gasteiger partial charge in [0.05, 0.1) is 5.92 Å². The third kappa shape index (κ3) is 3.74. The number of aromatic nitrogens is 1. The molecule has 1 amide bonds. The molecule has 146 valence electrons. The van der Waals surface area contributed by atoms with Gasteiger partial charge in [-0.1, -0.05) is 25.0 Å². The zero-order valence-electron chi connectivity index (χ0n) is 15.0. The number of hydrogen-bond donors (Lipinski definition) is 1. The van der Waals surface area contributed by atoms with E-state index in [2.05, 4.69) is 10.3 Å². The number of nitrogens with zero attached hydrogens (tertiary/aromatic N) is 1. The van der Waals surface area contributed by atoms with Gasteiger partial charge in [0, 0.05) is 17.2 Å². The first kappa shape index (κ1) is 18.5. The predicted octanol–water partition coefficient (Wildman–Crippen LogP) is 5.80. The predicted molar refractivity (Wildman–Crippen MR) is 99.6 cm³/mol. The van der Waals surface area contributed by atoms with Crippen LogP contribution in [-0.4, -0.2) is 17.1 Å². The summed E-state index contributed by atoms with van der Waals surface area (Å²) in [7, 11) is 0. The quantitative estimate of drug-likeness (QED) is 0.617. The number of carbonyl (C=O) groups is 1. The van der Waals surface area contributed by atoms with Crippen LogP contribution < -0.4 is 5.32 Å². The lowest BCUT2D eigenvalue weighted by molar-refractivity contribution is -0.197. The average molecular weight is 388 g/mol. The highest BCUT2D eigenvalue weighted by molar-refractivity contribution is 5.93. The number of anilines is 1. The van der Waals surface area contributed by atoms with Crippen molar-refractivity contribution in [3.63, 3.8) is 0 Å². The van der Waals surface area contributed by atoms with Crippen molar-refractivity contribution >= 4 is 22.7 Å². The van der Waals surface area contributed by atoms with E-state index in [1.165, 1.54) is 0 Å². The molecule has 2 atom stereocenters. The maximum absolute atomic E-state index is 13.2. The first-order valence-electron chi connectivity index (χ1n) is 9.25. The molecule has 1 heterocycles. The highest BCUT2D eigenvalue weighted by atomic mass is 19.4. The lowest BCUT2D eigenvalue weighted by Gasteiger charge is -2.32. The van der Waals surface area contributed by atoms with Gasteiger partial charge in [0.25, 0.3) is 0 Å². The second kappa shape index (κ2) is 7.30. The van der Waals surface area contributed by atoms with Gasteiger partial charge >= 0.3 is 6.18 Å². The van der Waals surface area contributed by atoms with Gasteiger partial charge in [-0.2, -0.15) is 13.2 Å². The summed E-state index contributed by atoms with van der Waals surface area (Å²) in [5.41, 5.74) is 2.59. The van der Waals surface area contributed by atoms with Gasteiger partial charge < -0.3 is 9.73 Å². The Hall–Kier alpha value is -2.83. The summed E-state index contributed by atoms with van der Waals surface area (Å²) in [6, 6.07) is 14.1. The van der Waals surface area contributed by atoms with Crippen LogP contribution in [0.5, 0.6) is 0 Å². The van der Waals surface area contributed by atoms with Crippen LogP contribution in [0.2, 0.25) is 0 Å². The van der Waals surface area contributed by atoms with Crippen LogP contribution in [0.15, 0.2) is 52.9 Å². The Morgan fingerprint density at radius 3 is 2.46 bits per heavy atom. The number of oxazole rings is 1. The molecular weight excluding hydrogens is 369 g/mol. The van der Waals surface area contributed by atoms with E-state index in [9.17, 15) is 18.0 Å². The van der Waals surface area contributed by atoms with Gasteiger partial charge in [-0.25, -0.2) is 4.98 Å². The monoisotopic (exact) mass is 388 g/mol. The van der Waals surface area contributed by atoms with Crippen LogP contribution in [0.4, 0.5) is 18.9 Å². The summed E-state index contributed by atoms with van der Waals surface area (Å²) in [5, 5.41) is 2.63. The number of rotatable bonds is 3. The Kier molecular flexibility index (Phi) is 4.83. The van der Waals surface area contributed by atoms with Crippen LogP contribution in [0.25, 0.3) is 22.6 Å². The lowest BCUT2D eigenvalue weighted by atomic mass is 9.78. The van der Waals surface area contributed by atoms with E-state index in [0.717, 1.165) is 11.1 Å². The smallest absolute Gasteiger partial charge is 0.392 e. The van der Waals surface area contributed by atoms with E-state index in [4.69, 9.17) is 4.42 Å². The first-order valence-corrected chi connectivity index (χ1v) is 9.25. The number of hydrogen-bond acceptors (Lipinski definition) is 3. The largest absolute Gasteiger partial charge is 0.436 e. The SMILES string of the molecule is O=C(Nc1ccc(-c2nc3ccccc3o2)cc1)[C@@H]1CCCC[C@@H]1C(F)(F)F. The summed E-state index contributed by atoms with van der Waals surface area (Å²) < 4.78 is 45.4. The number of alkyl halides is 3. The fourth-order valence-corrected chi connectivity index (χ4v) is 3.76. The molecule has 4 rings (SSSR count). The number of nitrogens with one attached hydrogen (secondary N) is 1. The fraction of sp³-hybridized carbons (Fsp3) is 0.333. The number of para-hydroxylation sites is 2. The summed E-state index contributed by atoms with van der Waals surface area (Å²) >= 11 is 0. The molecule has 0 saturated heterocycles. The van der Waals surface area contributed by atoms with Crippen molar-refractivity contribution < 1.29 is 22.4 Å². The second-order valence-corrected chi connectivity index (χ2v) is 7.09. The molecule has 0 unspecified atom stereocenters. The average Bonchev–Trinajstić information content (AvgIpc) is 3.12. The number of benzene rings is 2. The number of carbonyl (C=O) groups excluding carboxylic acids is 1. The Bertz CT molecular complexity index is 946. The molecule has 1 aliphatic carbocycles. The van der Waals surface area contributed by atoms with Crippen molar-refractivity contribution in [2.45, 2.75) is 31.9 Å². The molecule has 1 aromatic heterocycles. The molecule has 1 N–H and O–H groups in total. The Morgan fingerprint density at radius 2 is 1.75 bits per heavy atom. The zero-order valence-corrected chi connectivity index (χ0v) is 15.0. The molecule has 4 nitrogen and oxygen atoms in total. The number of halogens is 3. The third-order valence-corrected chi connectivity index (χ3v) is 5.22. The highest BCUT2D eigenvalue weighted by Crippen LogP contribution is 2.42. The molecule has 28 heavy (non-hydrogen) atoms. The number of amides is 1. The maximum atomic E-state index is 13.2. The van der Waals surface area contributed by atoms with E-state index >= 15 is 0 Å². The van der Waals surface area contributed by atoms with Gasteiger partial charge in [0.1, 0.15) is 5.52 Å². The van der Waals surface area contributed by atoms with Crippen molar-refractivity contribution in [2.75, 3.05) is 5.32 Å². The van der Waals surface area contributed by atoms with E-state index in [0.29, 0.717) is 30.0 Å². The summed E-state index contributed by atoms with van der Waals surface area (Å²) in [6.45, 7) is 0. The lowest BCUT2D eigenvalue weighted by Crippen LogP contribution is -2.39. The van der Waals surface area contributed by atoms with Crippen LogP contribution in [0.1, 0.15) is 25.7 Å². The van der Waals surface area contributed by atoms with E-state index in [-0.39, 0.29) is 12.8 Å². The van der Waals surface area contributed by atoms with Gasteiger partial charge in [-0.05, 0) is 49.2 Å². The molecule has 1 saturated carbocycles. The van der Waals surface area contributed by atoms with Gasteiger partial charge in [-0.15, -0.1) is 0 Å². The van der Waals surface area contributed by atoms with Crippen LogP contribution in [0, 0.1) is 11.8 Å². The minimum atomic E-state index is -4.35. The molecule has 0 spiro atoms. The topological polar surface area (TPSA) is 55.1 Å². The molecule has 0 radical (unpaired) electrons. The fourth-order valence-electron chi connectivity index (χ4n) is 3.76. The summed E-state index contributed by atoms with van der Waals surface area (Å²) in [6.07, 6.45) is -2.93. The summed E-state index contributed by atoms with van der Waals surface area (Å²) in [5.74, 6) is -2.73. The van der Waals surface area contributed by atoms with Crippen molar-refractivity contribution in [3.8, 4) is 11.5 Å². The Balaban J connectivity index is 1.48. The molecule has 1 aliphatic rings. The molecule has 3 aromatic rings. The standard InChI is InChI=1S/C21H19F3N2O2/c22-21(23,24)16-6-2-1-5-15(16)19(27)25-14-11-9-13(10-12-14)20-26-17-7-3-4-8-18(17)28-20/h3-4,7-12,15-16H,1-2,5-6H2,(H,25,27)/t15-,16+/m1/s1. The summed E-state index contributed by atoms with van der Waals surface area (Å²) in [4.78, 5) is 16.9. The van der Waals surface area contributed by atoms with E-state index < -0.39 is 23.9 Å². The first-order chi connectivity index (χ1) is 13.4. The van der Waals surface area contributed by atoms with Gasteiger partial charge in [0.2, 0.25) is 11.8 Å². The molecule has 0 aliphatic heterocycles. The molecule has 0 bridgehead atoms. The van der Waals surface area contributed by atoms with Crippen LogP contribution in [-0.2, 0) is 4.79 Å². The molecular formula is C21H19F3N2O2. The Morgan fingerprint density at radius 1 is 1.04 bits per heavy atom. The molecule has 1 fully saturated rings. The third-order valence-electron chi connectivity index (χ3n) is 5.22. The van der Waals surface area contributed by atoms with Crippen LogP contribution in [0.3, 0.4) is 0 Å². The van der Waals surface area contributed by atoms with Crippen molar-refractivity contribution in [1.29, 1.82) is 0 Å². The maximum Gasteiger partial charge on any atom is 0.392 e. The normalized spacial score (nSPS) is 20.2.